The van der Waals surface area contributed by atoms with Crippen molar-refractivity contribution in [2.24, 2.45) is 0 Å². The van der Waals surface area contributed by atoms with Crippen LogP contribution in [0.15, 0.2) is 24.4 Å². The van der Waals surface area contributed by atoms with Gasteiger partial charge in [0.15, 0.2) is 11.6 Å². The average Bonchev–Trinajstić information content (AvgIpc) is 3.29. The lowest BCUT2D eigenvalue weighted by atomic mass is 9.92. The summed E-state index contributed by atoms with van der Waals surface area (Å²) in [5.74, 6) is 3.50. The van der Waals surface area contributed by atoms with E-state index in [1.165, 1.54) is 11.1 Å². The van der Waals surface area contributed by atoms with E-state index in [1.807, 2.05) is 13.0 Å². The molecule has 152 valence electrons. The minimum absolute atomic E-state index is 0.378. The van der Waals surface area contributed by atoms with Crippen molar-refractivity contribution < 1.29 is 4.21 Å². The minimum atomic E-state index is -0.688. The van der Waals surface area contributed by atoms with Gasteiger partial charge < -0.3 is 10.6 Å². The van der Waals surface area contributed by atoms with E-state index in [4.69, 9.17) is 11.6 Å². The van der Waals surface area contributed by atoms with Crippen LogP contribution in [0.5, 0.6) is 0 Å². The molecule has 4 rings (SSSR count). The van der Waals surface area contributed by atoms with E-state index in [0.717, 1.165) is 34.9 Å². The number of H-pyrrole nitrogens is 1. The highest BCUT2D eigenvalue weighted by Crippen LogP contribution is 2.33. The lowest BCUT2D eigenvalue weighted by Crippen LogP contribution is -2.06. The largest absolute Gasteiger partial charge is 0.324 e. The fourth-order valence-corrected chi connectivity index (χ4v) is 5.21. The third kappa shape index (κ3) is 4.43. The van der Waals surface area contributed by atoms with Gasteiger partial charge in [0.25, 0.3) is 0 Å². The Morgan fingerprint density at radius 3 is 2.69 bits per heavy atom. The van der Waals surface area contributed by atoms with Gasteiger partial charge in [-0.2, -0.15) is 10.1 Å². The molecule has 0 amide bonds. The normalized spacial score (nSPS) is 18.8. The molecular formula is C20H23ClN6OS. The summed E-state index contributed by atoms with van der Waals surface area (Å²) in [6.45, 7) is 6.07. The van der Waals surface area contributed by atoms with Crippen LogP contribution in [0.4, 0.5) is 23.3 Å². The Balaban J connectivity index is 1.56. The zero-order chi connectivity index (χ0) is 20.5. The number of nitrogens with one attached hydrogen (secondary N) is 3. The lowest BCUT2D eigenvalue weighted by Gasteiger charge is -2.17. The van der Waals surface area contributed by atoms with Crippen molar-refractivity contribution in [2.45, 2.75) is 33.1 Å². The Hall–Kier alpha value is -2.45. The molecule has 2 atom stereocenters. The van der Waals surface area contributed by atoms with E-state index in [-0.39, 0.29) is 0 Å². The van der Waals surface area contributed by atoms with E-state index in [2.05, 4.69) is 56.8 Å². The second-order valence-corrected chi connectivity index (χ2v) is 9.42. The first kappa shape index (κ1) is 19.8. The van der Waals surface area contributed by atoms with Crippen LogP contribution in [0.25, 0.3) is 0 Å². The molecule has 0 bridgehead atoms. The Labute approximate surface area is 177 Å². The number of aromatic nitrogens is 4. The van der Waals surface area contributed by atoms with Crippen molar-refractivity contribution in [3.05, 3.63) is 51.8 Å². The molecule has 0 radical (unpaired) electrons. The summed E-state index contributed by atoms with van der Waals surface area (Å²) < 4.78 is 11.8. The van der Waals surface area contributed by atoms with Gasteiger partial charge in [0, 0.05) is 39.8 Å². The van der Waals surface area contributed by atoms with Crippen molar-refractivity contribution in [2.75, 3.05) is 22.1 Å². The van der Waals surface area contributed by atoms with Gasteiger partial charge in [-0.15, -0.1) is 0 Å². The number of hydrogen-bond donors (Lipinski definition) is 3. The van der Waals surface area contributed by atoms with Crippen molar-refractivity contribution in [3.63, 3.8) is 0 Å². The SMILES string of the molecule is Cc1cc(Nc2nc(Nc3cc(C)c(C4CCS(=O)C4)cc3C)ncc2Cl)n[nH]1. The molecule has 1 saturated heterocycles. The van der Waals surface area contributed by atoms with Crippen LogP contribution in [-0.2, 0) is 10.8 Å². The van der Waals surface area contributed by atoms with Gasteiger partial charge in [-0.3, -0.25) is 9.31 Å². The second kappa shape index (κ2) is 8.12. The summed E-state index contributed by atoms with van der Waals surface area (Å²) in [6.07, 6.45) is 2.55. The molecular weight excluding hydrogens is 408 g/mol. The van der Waals surface area contributed by atoms with Gasteiger partial charge in [0.2, 0.25) is 5.95 Å². The number of anilines is 4. The summed E-state index contributed by atoms with van der Waals surface area (Å²) >= 11 is 6.24. The number of rotatable bonds is 5. The molecule has 1 aromatic carbocycles. The first-order valence-corrected chi connectivity index (χ1v) is 11.3. The molecule has 3 heterocycles. The van der Waals surface area contributed by atoms with Crippen molar-refractivity contribution in [1.82, 2.24) is 20.2 Å². The van der Waals surface area contributed by atoms with Crippen LogP contribution in [-0.4, -0.2) is 35.9 Å². The highest BCUT2D eigenvalue weighted by Gasteiger charge is 2.24. The highest BCUT2D eigenvalue weighted by atomic mass is 35.5. The third-order valence-corrected chi connectivity index (χ3v) is 6.82. The monoisotopic (exact) mass is 430 g/mol. The number of aromatic amines is 1. The van der Waals surface area contributed by atoms with Gasteiger partial charge in [0.1, 0.15) is 5.02 Å². The molecule has 3 aromatic rings. The van der Waals surface area contributed by atoms with Crippen LogP contribution in [0.2, 0.25) is 5.02 Å². The number of aryl methyl sites for hydroxylation is 3. The molecule has 1 fully saturated rings. The number of nitrogens with zero attached hydrogens (tertiary/aromatic N) is 3. The van der Waals surface area contributed by atoms with Gasteiger partial charge in [0.05, 0.1) is 6.20 Å². The molecule has 3 N–H and O–H groups in total. The Morgan fingerprint density at radius 2 is 2.00 bits per heavy atom. The number of benzene rings is 1. The predicted molar refractivity (Wildman–Crippen MR) is 118 cm³/mol. The smallest absolute Gasteiger partial charge is 0.229 e. The van der Waals surface area contributed by atoms with Crippen LogP contribution < -0.4 is 10.6 Å². The lowest BCUT2D eigenvalue weighted by molar-refractivity contribution is 0.686. The molecule has 1 aliphatic heterocycles. The fourth-order valence-electron chi connectivity index (χ4n) is 3.56. The van der Waals surface area contributed by atoms with Crippen LogP contribution >= 0.6 is 11.6 Å². The summed E-state index contributed by atoms with van der Waals surface area (Å²) in [4.78, 5) is 8.79. The topological polar surface area (TPSA) is 95.6 Å². The maximum Gasteiger partial charge on any atom is 0.229 e. The third-order valence-electron chi connectivity index (χ3n) is 5.08. The molecule has 0 spiro atoms. The fraction of sp³-hybridized carbons (Fsp3) is 0.350. The van der Waals surface area contributed by atoms with Crippen LogP contribution in [0.3, 0.4) is 0 Å². The van der Waals surface area contributed by atoms with Gasteiger partial charge in [-0.25, -0.2) is 4.98 Å². The molecule has 2 unspecified atom stereocenters. The summed E-state index contributed by atoms with van der Waals surface area (Å²) in [5, 5.41) is 13.8. The molecule has 0 saturated carbocycles. The quantitative estimate of drug-likeness (QED) is 0.551. The van der Waals surface area contributed by atoms with E-state index >= 15 is 0 Å². The maximum atomic E-state index is 11.8. The molecule has 2 aromatic heterocycles. The van der Waals surface area contributed by atoms with Gasteiger partial charge >= 0.3 is 0 Å². The van der Waals surface area contributed by atoms with E-state index < -0.39 is 10.8 Å². The first-order valence-electron chi connectivity index (χ1n) is 9.44. The Morgan fingerprint density at radius 1 is 1.17 bits per heavy atom. The molecule has 7 nitrogen and oxygen atoms in total. The van der Waals surface area contributed by atoms with Gasteiger partial charge in [-0.1, -0.05) is 17.7 Å². The molecule has 29 heavy (non-hydrogen) atoms. The standard InChI is InChI=1S/C20H23ClN6OS/c1-11-7-17(12(2)6-15(11)14-4-5-29(28)10-14)23-20-22-9-16(21)19(25-20)24-18-8-13(3)26-27-18/h6-9,14H,4-5,10H2,1-3H3,(H3,22,23,24,25,26,27). The summed E-state index contributed by atoms with van der Waals surface area (Å²) in [5.41, 5.74) is 5.44. The van der Waals surface area contributed by atoms with Gasteiger partial charge in [-0.05, 0) is 55.9 Å². The maximum absolute atomic E-state index is 11.8. The Kier molecular flexibility index (Phi) is 5.56. The van der Waals surface area contributed by atoms with Crippen LogP contribution in [0.1, 0.15) is 34.7 Å². The van der Waals surface area contributed by atoms with E-state index in [9.17, 15) is 4.21 Å². The summed E-state index contributed by atoms with van der Waals surface area (Å²) in [6, 6.07) is 6.16. The van der Waals surface area contributed by atoms with Crippen molar-refractivity contribution >= 4 is 45.7 Å². The average molecular weight is 431 g/mol. The minimum Gasteiger partial charge on any atom is -0.324 e. The zero-order valence-electron chi connectivity index (χ0n) is 16.5. The molecule has 1 aliphatic rings. The Bertz CT molecular complexity index is 1080. The molecule has 0 aliphatic carbocycles. The first-order chi connectivity index (χ1) is 13.9. The number of halogens is 1. The zero-order valence-corrected chi connectivity index (χ0v) is 18.1. The highest BCUT2D eigenvalue weighted by molar-refractivity contribution is 7.85. The number of hydrogen-bond acceptors (Lipinski definition) is 6. The molecule has 9 heteroatoms. The van der Waals surface area contributed by atoms with Crippen molar-refractivity contribution in [3.8, 4) is 0 Å². The van der Waals surface area contributed by atoms with E-state index in [1.54, 1.807) is 6.20 Å². The summed E-state index contributed by atoms with van der Waals surface area (Å²) in [7, 11) is -0.688. The van der Waals surface area contributed by atoms with Crippen LogP contribution in [0, 0.1) is 20.8 Å². The van der Waals surface area contributed by atoms with E-state index in [0.29, 0.717) is 28.5 Å². The van der Waals surface area contributed by atoms with Crippen molar-refractivity contribution in [1.29, 1.82) is 0 Å². The predicted octanol–water partition coefficient (Wildman–Crippen LogP) is 4.50. The second-order valence-electron chi connectivity index (χ2n) is 7.40.